The maximum absolute atomic E-state index is 12.6. The first-order valence-electron chi connectivity index (χ1n) is 9.98. The molecule has 2 aliphatic heterocycles. The summed E-state index contributed by atoms with van der Waals surface area (Å²) in [6.45, 7) is 2.45. The molecule has 30 heavy (non-hydrogen) atoms. The quantitative estimate of drug-likeness (QED) is 0.641. The smallest absolute Gasteiger partial charge is 0.244 e. The lowest BCUT2D eigenvalue weighted by Gasteiger charge is -2.48. The van der Waals surface area contributed by atoms with E-state index in [0.29, 0.717) is 23.2 Å². The lowest BCUT2D eigenvalue weighted by atomic mass is 9.77. The normalized spacial score (nSPS) is 20.5. The average molecular weight is 424 g/mol. The zero-order chi connectivity index (χ0) is 20.7. The molecule has 1 spiro atoms. The Kier molecular flexibility index (Phi) is 4.79. The molecule has 154 valence electrons. The van der Waals surface area contributed by atoms with Crippen molar-refractivity contribution < 1.29 is 9.32 Å². The minimum absolute atomic E-state index is 0.0661. The van der Waals surface area contributed by atoms with Crippen molar-refractivity contribution in [1.82, 2.24) is 24.9 Å². The maximum atomic E-state index is 12.6. The highest BCUT2D eigenvalue weighted by atomic mass is 35.5. The zero-order valence-corrected chi connectivity index (χ0v) is 17.4. The van der Waals surface area contributed by atoms with Gasteiger partial charge in [0.1, 0.15) is 0 Å². The van der Waals surface area contributed by atoms with E-state index in [9.17, 15) is 4.79 Å². The van der Waals surface area contributed by atoms with Crippen molar-refractivity contribution in [2.24, 2.45) is 5.41 Å². The Labute approximate surface area is 179 Å². The molecule has 2 aromatic heterocycles. The van der Waals surface area contributed by atoms with Crippen LogP contribution in [0.2, 0.25) is 5.02 Å². The van der Waals surface area contributed by atoms with Crippen molar-refractivity contribution in [3.8, 4) is 11.4 Å². The molecule has 0 bridgehead atoms. The molecule has 8 heteroatoms. The fourth-order valence-corrected chi connectivity index (χ4v) is 4.71. The van der Waals surface area contributed by atoms with E-state index in [0.717, 1.165) is 37.2 Å². The number of likely N-dealkylation sites (tertiary alicyclic amines) is 2. The number of rotatable bonds is 4. The lowest BCUT2D eigenvalue weighted by molar-refractivity contribution is -0.141. The zero-order valence-electron chi connectivity index (χ0n) is 16.7. The summed E-state index contributed by atoms with van der Waals surface area (Å²) in [6, 6.07) is 11.3. The van der Waals surface area contributed by atoms with Crippen LogP contribution in [0.3, 0.4) is 0 Å². The van der Waals surface area contributed by atoms with E-state index in [1.54, 1.807) is 12.4 Å². The fourth-order valence-electron chi connectivity index (χ4n) is 4.59. The molecule has 4 heterocycles. The Hall–Kier alpha value is -2.77. The highest BCUT2D eigenvalue weighted by molar-refractivity contribution is 6.30. The molecular formula is C22H22ClN5O2. The summed E-state index contributed by atoms with van der Waals surface area (Å²) in [5.41, 5.74) is 1.92. The Bertz CT molecular complexity index is 1050. The first kappa shape index (κ1) is 19.2. The summed E-state index contributed by atoms with van der Waals surface area (Å²) < 4.78 is 5.58. The molecule has 0 radical (unpaired) electrons. The lowest BCUT2D eigenvalue weighted by Crippen LogP contribution is -2.59. The topological polar surface area (TPSA) is 75.4 Å². The molecule has 2 fully saturated rings. The number of halogens is 1. The SMILES string of the molecule is CN1CC2(CC1c1nc(-c3cccnc3)no1)CN(C(=O)Cc1ccc(Cl)cc1)C2. The second-order valence-corrected chi connectivity index (χ2v) is 8.82. The van der Waals surface area contributed by atoms with E-state index in [-0.39, 0.29) is 17.4 Å². The van der Waals surface area contributed by atoms with E-state index in [1.165, 1.54) is 0 Å². The maximum Gasteiger partial charge on any atom is 0.244 e. The number of nitrogens with zero attached hydrogens (tertiary/aromatic N) is 5. The van der Waals surface area contributed by atoms with Crippen LogP contribution in [-0.2, 0) is 11.2 Å². The van der Waals surface area contributed by atoms with Gasteiger partial charge in [0, 0.05) is 48.0 Å². The second-order valence-electron chi connectivity index (χ2n) is 8.39. The van der Waals surface area contributed by atoms with Crippen molar-refractivity contribution in [3.05, 3.63) is 65.3 Å². The van der Waals surface area contributed by atoms with Gasteiger partial charge >= 0.3 is 0 Å². The van der Waals surface area contributed by atoms with Crippen molar-refractivity contribution in [2.75, 3.05) is 26.7 Å². The second kappa shape index (κ2) is 7.49. The van der Waals surface area contributed by atoms with Gasteiger partial charge in [0.05, 0.1) is 12.5 Å². The van der Waals surface area contributed by atoms with Crippen LogP contribution in [0.25, 0.3) is 11.4 Å². The number of benzene rings is 1. The Morgan fingerprint density at radius 2 is 2.03 bits per heavy atom. The fraction of sp³-hybridized carbons (Fsp3) is 0.364. The van der Waals surface area contributed by atoms with Crippen molar-refractivity contribution >= 4 is 17.5 Å². The van der Waals surface area contributed by atoms with Gasteiger partial charge in [-0.2, -0.15) is 4.98 Å². The monoisotopic (exact) mass is 423 g/mol. The third-order valence-corrected chi connectivity index (χ3v) is 6.32. The van der Waals surface area contributed by atoms with Gasteiger partial charge in [0.15, 0.2) is 0 Å². The summed E-state index contributed by atoms with van der Waals surface area (Å²) in [4.78, 5) is 25.6. The van der Waals surface area contributed by atoms with Crippen LogP contribution < -0.4 is 0 Å². The average Bonchev–Trinajstić information content (AvgIpc) is 3.34. The first-order chi connectivity index (χ1) is 14.5. The van der Waals surface area contributed by atoms with Gasteiger partial charge in [0.2, 0.25) is 17.6 Å². The van der Waals surface area contributed by atoms with Gasteiger partial charge in [-0.05, 0) is 43.3 Å². The molecule has 0 N–H and O–H groups in total. The van der Waals surface area contributed by atoms with E-state index < -0.39 is 0 Å². The summed E-state index contributed by atoms with van der Waals surface area (Å²) in [6.07, 6.45) is 4.76. The predicted molar refractivity (Wildman–Crippen MR) is 112 cm³/mol. The Balaban J connectivity index is 1.22. The van der Waals surface area contributed by atoms with Gasteiger partial charge in [-0.3, -0.25) is 14.7 Å². The number of carbonyl (C=O) groups is 1. The minimum atomic E-state index is 0.0661. The molecule has 1 unspecified atom stereocenters. The standard InChI is InChI=1S/C22H22ClN5O2/c1-27-12-22(13-28(14-22)19(29)9-15-4-6-17(23)7-5-15)10-18(27)21-25-20(26-30-21)16-3-2-8-24-11-16/h2-8,11,18H,9-10,12-14H2,1H3. The van der Waals surface area contributed by atoms with Gasteiger partial charge in [-0.1, -0.05) is 28.9 Å². The van der Waals surface area contributed by atoms with Gasteiger partial charge in [-0.15, -0.1) is 0 Å². The number of amides is 1. The number of hydrogen-bond acceptors (Lipinski definition) is 6. The molecule has 0 aliphatic carbocycles. The number of aromatic nitrogens is 3. The molecule has 1 amide bonds. The first-order valence-corrected chi connectivity index (χ1v) is 10.4. The molecule has 0 saturated carbocycles. The number of hydrogen-bond donors (Lipinski definition) is 0. The Morgan fingerprint density at radius 1 is 1.23 bits per heavy atom. The van der Waals surface area contributed by atoms with E-state index in [1.807, 2.05) is 41.3 Å². The van der Waals surface area contributed by atoms with Crippen LogP contribution in [0.1, 0.15) is 23.9 Å². The predicted octanol–water partition coefficient (Wildman–Crippen LogP) is 3.23. The number of carbonyl (C=O) groups excluding carboxylic acids is 1. The molecule has 2 saturated heterocycles. The summed E-state index contributed by atoms with van der Waals surface area (Å²) >= 11 is 5.92. The molecule has 2 aliphatic rings. The minimum Gasteiger partial charge on any atom is -0.341 e. The van der Waals surface area contributed by atoms with Gasteiger partial charge in [0.25, 0.3) is 0 Å². The van der Waals surface area contributed by atoms with Crippen molar-refractivity contribution in [1.29, 1.82) is 0 Å². The van der Waals surface area contributed by atoms with Crippen LogP contribution in [0.15, 0.2) is 53.3 Å². The van der Waals surface area contributed by atoms with Gasteiger partial charge < -0.3 is 9.42 Å². The highest BCUT2D eigenvalue weighted by Gasteiger charge is 2.53. The van der Waals surface area contributed by atoms with Gasteiger partial charge in [-0.25, -0.2) is 0 Å². The largest absolute Gasteiger partial charge is 0.341 e. The summed E-state index contributed by atoms with van der Waals surface area (Å²) in [5.74, 6) is 1.34. The van der Waals surface area contributed by atoms with E-state index in [2.05, 4.69) is 27.1 Å². The summed E-state index contributed by atoms with van der Waals surface area (Å²) in [5, 5.41) is 4.81. The Morgan fingerprint density at radius 3 is 2.77 bits per heavy atom. The van der Waals surface area contributed by atoms with E-state index in [4.69, 9.17) is 16.1 Å². The van der Waals surface area contributed by atoms with Crippen LogP contribution >= 0.6 is 11.6 Å². The molecule has 1 atom stereocenters. The highest BCUT2D eigenvalue weighted by Crippen LogP contribution is 2.47. The van der Waals surface area contributed by atoms with Crippen molar-refractivity contribution in [3.63, 3.8) is 0 Å². The third-order valence-electron chi connectivity index (χ3n) is 6.06. The molecule has 1 aromatic carbocycles. The number of pyridine rings is 1. The molecule has 7 nitrogen and oxygen atoms in total. The molecule has 5 rings (SSSR count). The van der Waals surface area contributed by atoms with Crippen LogP contribution in [0.4, 0.5) is 0 Å². The van der Waals surface area contributed by atoms with E-state index >= 15 is 0 Å². The third kappa shape index (κ3) is 3.59. The molecular weight excluding hydrogens is 402 g/mol. The molecule has 3 aromatic rings. The summed E-state index contributed by atoms with van der Waals surface area (Å²) in [7, 11) is 2.07. The van der Waals surface area contributed by atoms with Crippen LogP contribution in [-0.4, -0.2) is 57.5 Å². The van der Waals surface area contributed by atoms with Crippen LogP contribution in [0.5, 0.6) is 0 Å². The van der Waals surface area contributed by atoms with Crippen molar-refractivity contribution in [2.45, 2.75) is 18.9 Å². The van der Waals surface area contributed by atoms with Crippen LogP contribution in [0, 0.1) is 5.41 Å².